The van der Waals surface area contributed by atoms with Crippen molar-refractivity contribution >= 4 is 44.0 Å². The molecule has 3 aromatic heterocycles. The molecule has 2 aromatic carbocycles. The van der Waals surface area contributed by atoms with Gasteiger partial charge in [-0.1, -0.05) is 41.4 Å². The molecule has 0 amide bonds. The number of nitrogens with zero attached hydrogens (tertiary/aromatic N) is 3. The molecular weight excluding hydrogens is 558 g/mol. The first kappa shape index (κ1) is 26.0. The summed E-state index contributed by atoms with van der Waals surface area (Å²) in [6.45, 7) is 3.08. The molecular formula is C28H24ClN3O5S2. The molecule has 1 aliphatic rings. The van der Waals surface area contributed by atoms with Crippen LogP contribution in [0.5, 0.6) is 5.75 Å². The highest BCUT2D eigenvalue weighted by Gasteiger charge is 2.44. The third kappa shape index (κ3) is 4.62. The lowest BCUT2D eigenvalue weighted by atomic mass is 10.0. The molecule has 0 atom stereocenters. The second-order valence-corrected chi connectivity index (χ2v) is 12.6. The van der Waals surface area contributed by atoms with E-state index in [1.807, 2.05) is 31.2 Å². The van der Waals surface area contributed by atoms with Crippen molar-refractivity contribution in [3.63, 3.8) is 0 Å². The molecule has 0 unspecified atom stereocenters. The van der Waals surface area contributed by atoms with Crippen LogP contribution in [0.4, 0.5) is 0 Å². The van der Waals surface area contributed by atoms with Gasteiger partial charge in [0, 0.05) is 29.5 Å². The minimum atomic E-state index is -3.85. The van der Waals surface area contributed by atoms with Gasteiger partial charge in [0.05, 0.1) is 41.7 Å². The lowest BCUT2D eigenvalue weighted by Crippen LogP contribution is -2.48. The molecule has 4 heterocycles. The van der Waals surface area contributed by atoms with Crippen LogP contribution in [-0.4, -0.2) is 42.7 Å². The summed E-state index contributed by atoms with van der Waals surface area (Å²) >= 11 is 8.07. The topological polar surface area (TPSA) is 92.5 Å². The fourth-order valence-electron chi connectivity index (χ4n) is 4.41. The number of thiazole rings is 1. The van der Waals surface area contributed by atoms with Crippen molar-refractivity contribution in [2.24, 2.45) is 0 Å². The highest BCUT2D eigenvalue weighted by atomic mass is 35.5. The Kier molecular flexibility index (Phi) is 6.68. The van der Waals surface area contributed by atoms with Crippen LogP contribution in [0.1, 0.15) is 16.1 Å². The maximum absolute atomic E-state index is 13.4. The Morgan fingerprint density at radius 2 is 1.79 bits per heavy atom. The van der Waals surface area contributed by atoms with E-state index >= 15 is 0 Å². The SMILES string of the molecule is COc1ccc(COC2(c3ncc(-c4c(Cl)cnc5c4ccn5S(=O)(=O)c4ccc(C)cc4)s3)COC2)cc1. The fourth-order valence-corrected chi connectivity index (χ4v) is 7.12. The van der Waals surface area contributed by atoms with E-state index in [2.05, 4.69) is 9.97 Å². The smallest absolute Gasteiger partial charge is 0.269 e. The number of hydrogen-bond acceptors (Lipinski definition) is 8. The summed E-state index contributed by atoms with van der Waals surface area (Å²) < 4.78 is 45.1. The molecule has 0 aliphatic carbocycles. The third-order valence-electron chi connectivity index (χ3n) is 6.70. The molecule has 6 rings (SSSR count). The van der Waals surface area contributed by atoms with E-state index in [0.717, 1.165) is 26.8 Å². The molecule has 8 nitrogen and oxygen atoms in total. The van der Waals surface area contributed by atoms with Gasteiger partial charge in [0.25, 0.3) is 10.0 Å². The van der Waals surface area contributed by atoms with Crippen LogP contribution >= 0.6 is 22.9 Å². The van der Waals surface area contributed by atoms with Crippen LogP contribution in [0.2, 0.25) is 5.02 Å². The van der Waals surface area contributed by atoms with Crippen LogP contribution < -0.4 is 4.74 Å². The summed E-state index contributed by atoms with van der Waals surface area (Å²) in [5.74, 6) is 0.783. The first-order chi connectivity index (χ1) is 18.8. The fraction of sp³-hybridized carbons (Fsp3) is 0.214. The molecule has 5 aromatic rings. The van der Waals surface area contributed by atoms with E-state index in [9.17, 15) is 8.42 Å². The van der Waals surface area contributed by atoms with Gasteiger partial charge in [0.1, 0.15) is 10.8 Å². The van der Waals surface area contributed by atoms with E-state index in [-0.39, 0.29) is 4.90 Å². The number of pyridine rings is 1. The van der Waals surface area contributed by atoms with Crippen LogP contribution in [0, 0.1) is 6.92 Å². The number of ether oxygens (including phenoxy) is 3. The summed E-state index contributed by atoms with van der Waals surface area (Å²) in [6, 6.07) is 16.1. The van der Waals surface area contributed by atoms with E-state index in [4.69, 9.17) is 25.8 Å². The van der Waals surface area contributed by atoms with E-state index in [0.29, 0.717) is 41.4 Å². The zero-order valence-corrected chi connectivity index (χ0v) is 23.5. The predicted molar refractivity (Wildman–Crippen MR) is 150 cm³/mol. The van der Waals surface area contributed by atoms with Gasteiger partial charge < -0.3 is 14.2 Å². The second kappa shape index (κ2) is 10.0. The Morgan fingerprint density at radius 1 is 1.05 bits per heavy atom. The monoisotopic (exact) mass is 581 g/mol. The quantitative estimate of drug-likeness (QED) is 0.228. The Bertz CT molecular complexity index is 1760. The number of benzene rings is 2. The zero-order chi connectivity index (χ0) is 27.2. The number of rotatable bonds is 8. The number of hydrogen-bond donors (Lipinski definition) is 0. The Labute approximate surface area is 234 Å². The van der Waals surface area contributed by atoms with Crippen LogP contribution in [-0.2, 0) is 31.7 Å². The van der Waals surface area contributed by atoms with Crippen LogP contribution in [0.25, 0.3) is 21.5 Å². The maximum atomic E-state index is 13.4. The number of aryl methyl sites for hydroxylation is 1. The molecule has 1 aliphatic heterocycles. The van der Waals surface area contributed by atoms with Crippen molar-refractivity contribution in [2.75, 3.05) is 20.3 Å². The van der Waals surface area contributed by atoms with E-state index < -0.39 is 15.6 Å². The Balaban J connectivity index is 1.33. The molecule has 0 saturated carbocycles. The van der Waals surface area contributed by atoms with Crippen molar-refractivity contribution in [3.05, 3.63) is 94.3 Å². The number of fused-ring (bicyclic) bond motifs is 1. The summed E-state index contributed by atoms with van der Waals surface area (Å²) in [5, 5.41) is 1.79. The molecule has 0 N–H and O–H groups in total. The summed E-state index contributed by atoms with van der Waals surface area (Å²) in [4.78, 5) is 10.0. The van der Waals surface area contributed by atoms with Crippen LogP contribution in [0.15, 0.2) is 78.1 Å². The Hall–Kier alpha value is -3.28. The summed E-state index contributed by atoms with van der Waals surface area (Å²) in [6.07, 6.45) is 4.72. The van der Waals surface area contributed by atoms with Crippen LogP contribution in [0.3, 0.4) is 0 Å². The van der Waals surface area contributed by atoms with Gasteiger partial charge >= 0.3 is 0 Å². The minimum Gasteiger partial charge on any atom is -0.497 e. The lowest BCUT2D eigenvalue weighted by molar-refractivity contribution is -0.222. The van der Waals surface area contributed by atoms with Gasteiger partial charge in [-0.15, -0.1) is 11.3 Å². The number of methoxy groups -OCH3 is 1. The maximum Gasteiger partial charge on any atom is 0.269 e. The van der Waals surface area contributed by atoms with Gasteiger partial charge in [-0.2, -0.15) is 0 Å². The molecule has 11 heteroatoms. The van der Waals surface area contributed by atoms with Crippen molar-refractivity contribution in [3.8, 4) is 16.2 Å². The third-order valence-corrected chi connectivity index (χ3v) is 9.87. The predicted octanol–water partition coefficient (Wildman–Crippen LogP) is 5.81. The molecule has 0 bridgehead atoms. The molecule has 1 saturated heterocycles. The summed E-state index contributed by atoms with van der Waals surface area (Å²) in [5.41, 5.74) is 2.29. The largest absolute Gasteiger partial charge is 0.497 e. The van der Waals surface area contributed by atoms with Crippen molar-refractivity contribution in [1.82, 2.24) is 13.9 Å². The Morgan fingerprint density at radius 3 is 2.46 bits per heavy atom. The zero-order valence-electron chi connectivity index (χ0n) is 21.1. The first-order valence-corrected chi connectivity index (χ1v) is 14.7. The van der Waals surface area contributed by atoms with Gasteiger partial charge in [-0.25, -0.2) is 22.4 Å². The molecule has 39 heavy (non-hydrogen) atoms. The first-order valence-electron chi connectivity index (χ1n) is 12.1. The van der Waals surface area contributed by atoms with Gasteiger partial charge in [0.2, 0.25) is 0 Å². The highest BCUT2D eigenvalue weighted by molar-refractivity contribution is 7.90. The standard InChI is InChI=1S/C28H24ClN3O5S2/c1-18-3-9-21(10-4-18)39(33,34)32-12-11-22-25(23(29)13-30-26(22)32)24-14-31-27(38-24)28(16-36-17-28)37-15-19-5-7-20(35-2)8-6-19/h3-14H,15-17H2,1-2H3. The number of aromatic nitrogens is 3. The molecule has 0 spiro atoms. The second-order valence-electron chi connectivity index (χ2n) is 9.30. The normalized spacial score (nSPS) is 14.8. The van der Waals surface area contributed by atoms with Crippen molar-refractivity contribution < 1.29 is 22.6 Å². The number of halogens is 1. The van der Waals surface area contributed by atoms with Gasteiger partial charge in [0.15, 0.2) is 11.2 Å². The average Bonchev–Trinajstić information content (AvgIpc) is 3.57. The molecule has 200 valence electrons. The lowest BCUT2D eigenvalue weighted by Gasteiger charge is -2.39. The van der Waals surface area contributed by atoms with E-state index in [1.165, 1.54) is 27.7 Å². The van der Waals surface area contributed by atoms with Crippen molar-refractivity contribution in [1.29, 1.82) is 0 Å². The molecule has 0 radical (unpaired) electrons. The molecule has 1 fully saturated rings. The van der Waals surface area contributed by atoms with E-state index in [1.54, 1.807) is 43.6 Å². The van der Waals surface area contributed by atoms with Crippen molar-refractivity contribution in [2.45, 2.75) is 24.0 Å². The average molecular weight is 582 g/mol. The highest BCUT2D eigenvalue weighted by Crippen LogP contribution is 2.43. The summed E-state index contributed by atoms with van der Waals surface area (Å²) in [7, 11) is -2.22. The van der Waals surface area contributed by atoms with Gasteiger partial charge in [-0.05, 0) is 42.8 Å². The van der Waals surface area contributed by atoms with Gasteiger partial charge in [-0.3, -0.25) is 0 Å². The minimum absolute atomic E-state index is 0.185.